The summed E-state index contributed by atoms with van der Waals surface area (Å²) in [7, 11) is 0. The molecule has 2 aromatic rings. The van der Waals surface area contributed by atoms with E-state index in [0.717, 1.165) is 5.56 Å². The van der Waals surface area contributed by atoms with E-state index < -0.39 is 0 Å². The molecule has 0 aromatic carbocycles. The molecule has 1 unspecified atom stereocenters. The molecular formula is C11H14N4OS2. The number of thiophene rings is 1. The van der Waals surface area contributed by atoms with Gasteiger partial charge in [-0.1, -0.05) is 11.3 Å². The number of amides is 2. The van der Waals surface area contributed by atoms with Crippen LogP contribution >= 0.6 is 22.7 Å². The molecule has 0 aliphatic heterocycles. The van der Waals surface area contributed by atoms with Crippen molar-refractivity contribution in [3.05, 3.63) is 26.9 Å². The third-order valence-corrected chi connectivity index (χ3v) is 4.06. The molecule has 2 aromatic heterocycles. The first-order valence-electron chi connectivity index (χ1n) is 5.47. The van der Waals surface area contributed by atoms with Crippen molar-refractivity contribution in [2.24, 2.45) is 0 Å². The maximum absolute atomic E-state index is 11.7. The van der Waals surface area contributed by atoms with Crippen LogP contribution in [0, 0.1) is 13.8 Å². The van der Waals surface area contributed by atoms with Gasteiger partial charge < -0.3 is 5.32 Å². The molecule has 2 N–H and O–H groups in total. The topological polar surface area (TPSA) is 66.9 Å². The minimum atomic E-state index is -0.262. The molecule has 18 heavy (non-hydrogen) atoms. The van der Waals surface area contributed by atoms with E-state index in [1.807, 2.05) is 6.92 Å². The highest BCUT2D eigenvalue weighted by Crippen LogP contribution is 2.26. The summed E-state index contributed by atoms with van der Waals surface area (Å²) >= 11 is 3.03. The molecule has 0 radical (unpaired) electrons. The summed E-state index contributed by atoms with van der Waals surface area (Å²) in [5.41, 5.74) is 2.73. The number of nitrogens with zero attached hydrogens (tertiary/aromatic N) is 2. The molecule has 0 saturated heterocycles. The van der Waals surface area contributed by atoms with Crippen LogP contribution in [0.1, 0.15) is 28.3 Å². The van der Waals surface area contributed by atoms with Gasteiger partial charge in [-0.3, -0.25) is 5.32 Å². The van der Waals surface area contributed by atoms with E-state index in [1.165, 1.54) is 21.1 Å². The van der Waals surface area contributed by atoms with Crippen molar-refractivity contribution in [1.29, 1.82) is 0 Å². The number of hydrogen-bond acceptors (Lipinski definition) is 5. The zero-order chi connectivity index (χ0) is 13.1. The zero-order valence-electron chi connectivity index (χ0n) is 10.4. The molecule has 2 heterocycles. The highest BCUT2D eigenvalue weighted by atomic mass is 32.1. The van der Waals surface area contributed by atoms with Crippen LogP contribution in [0.25, 0.3) is 0 Å². The lowest BCUT2D eigenvalue weighted by atomic mass is 10.1. The van der Waals surface area contributed by atoms with E-state index in [-0.39, 0.29) is 12.1 Å². The van der Waals surface area contributed by atoms with E-state index in [0.29, 0.717) is 5.13 Å². The number of aromatic nitrogens is 2. The Kier molecular flexibility index (Phi) is 3.93. The average molecular weight is 282 g/mol. The van der Waals surface area contributed by atoms with E-state index in [4.69, 9.17) is 0 Å². The van der Waals surface area contributed by atoms with Crippen LogP contribution in [0.5, 0.6) is 0 Å². The normalized spacial score (nSPS) is 12.2. The van der Waals surface area contributed by atoms with Gasteiger partial charge >= 0.3 is 6.03 Å². The second-order valence-electron chi connectivity index (χ2n) is 3.93. The van der Waals surface area contributed by atoms with Crippen LogP contribution in [0.4, 0.5) is 9.93 Å². The summed E-state index contributed by atoms with van der Waals surface area (Å²) in [6.45, 7) is 6.09. The van der Waals surface area contributed by atoms with Gasteiger partial charge in [-0.05, 0) is 32.4 Å². The molecule has 2 rings (SSSR count). The number of carbonyl (C=O) groups is 1. The first kappa shape index (κ1) is 13.0. The molecule has 7 heteroatoms. The van der Waals surface area contributed by atoms with Gasteiger partial charge in [-0.2, -0.15) is 0 Å². The molecule has 2 amide bonds. The Balaban J connectivity index is 1.97. The van der Waals surface area contributed by atoms with Gasteiger partial charge in [0.25, 0.3) is 0 Å². The van der Waals surface area contributed by atoms with Crippen LogP contribution in [-0.2, 0) is 0 Å². The number of anilines is 1. The van der Waals surface area contributed by atoms with Gasteiger partial charge in [0.1, 0.15) is 5.51 Å². The number of urea groups is 1. The van der Waals surface area contributed by atoms with E-state index in [9.17, 15) is 4.79 Å². The lowest BCUT2D eigenvalue weighted by molar-refractivity contribution is 0.249. The van der Waals surface area contributed by atoms with Crippen molar-refractivity contribution in [3.8, 4) is 0 Å². The summed E-state index contributed by atoms with van der Waals surface area (Å²) in [4.78, 5) is 14.2. The van der Waals surface area contributed by atoms with Crippen LogP contribution in [0.2, 0.25) is 0 Å². The number of carbonyl (C=O) groups excluding carboxylic acids is 1. The summed E-state index contributed by atoms with van der Waals surface area (Å²) in [6, 6.07) is 1.82. The van der Waals surface area contributed by atoms with Crippen LogP contribution in [0.15, 0.2) is 11.6 Å². The van der Waals surface area contributed by atoms with Crippen LogP contribution < -0.4 is 10.6 Å². The highest BCUT2D eigenvalue weighted by molar-refractivity contribution is 7.13. The second-order valence-corrected chi connectivity index (χ2v) is 6.23. The minimum absolute atomic E-state index is 0.0251. The van der Waals surface area contributed by atoms with Crippen molar-refractivity contribution in [2.45, 2.75) is 26.8 Å². The Labute approximate surface area is 113 Å². The number of nitrogens with one attached hydrogen (secondary N) is 2. The van der Waals surface area contributed by atoms with Crippen molar-refractivity contribution in [2.75, 3.05) is 5.32 Å². The highest BCUT2D eigenvalue weighted by Gasteiger charge is 2.14. The van der Waals surface area contributed by atoms with Crippen molar-refractivity contribution < 1.29 is 4.79 Å². The number of aryl methyl sites for hydroxylation is 2. The Morgan fingerprint density at radius 2 is 2.22 bits per heavy atom. The van der Waals surface area contributed by atoms with Crippen molar-refractivity contribution in [3.63, 3.8) is 0 Å². The molecule has 0 fully saturated rings. The molecular weight excluding hydrogens is 268 g/mol. The molecule has 0 aliphatic rings. The first-order chi connectivity index (χ1) is 8.56. The third-order valence-electron chi connectivity index (χ3n) is 2.47. The monoisotopic (exact) mass is 282 g/mol. The van der Waals surface area contributed by atoms with Gasteiger partial charge in [-0.25, -0.2) is 4.79 Å². The van der Waals surface area contributed by atoms with Crippen LogP contribution in [0.3, 0.4) is 0 Å². The summed E-state index contributed by atoms with van der Waals surface area (Å²) in [6.07, 6.45) is 0. The summed E-state index contributed by atoms with van der Waals surface area (Å²) in [5, 5.41) is 13.4. The zero-order valence-corrected chi connectivity index (χ0v) is 12.0. The molecule has 0 bridgehead atoms. The summed E-state index contributed by atoms with van der Waals surface area (Å²) < 4.78 is 0. The van der Waals surface area contributed by atoms with Gasteiger partial charge in [-0.15, -0.1) is 21.5 Å². The SMILES string of the molecule is Cc1cc(C(C)NC(=O)Nc2nncs2)c(C)s1. The van der Waals surface area contributed by atoms with Gasteiger partial charge in [0, 0.05) is 9.75 Å². The Bertz CT molecular complexity index is 535. The van der Waals surface area contributed by atoms with Crippen LogP contribution in [-0.4, -0.2) is 16.2 Å². The quantitative estimate of drug-likeness (QED) is 0.909. The lowest BCUT2D eigenvalue weighted by Crippen LogP contribution is -2.31. The van der Waals surface area contributed by atoms with Gasteiger partial charge in [0.05, 0.1) is 6.04 Å². The van der Waals surface area contributed by atoms with Crippen molar-refractivity contribution in [1.82, 2.24) is 15.5 Å². The van der Waals surface area contributed by atoms with Gasteiger partial charge in [0.15, 0.2) is 0 Å². The lowest BCUT2D eigenvalue weighted by Gasteiger charge is -2.13. The molecule has 1 atom stereocenters. The molecule has 0 spiro atoms. The maximum Gasteiger partial charge on any atom is 0.321 e. The average Bonchev–Trinajstić information content (AvgIpc) is 2.88. The molecule has 5 nitrogen and oxygen atoms in total. The molecule has 96 valence electrons. The Hall–Kier alpha value is -1.47. The van der Waals surface area contributed by atoms with Crippen molar-refractivity contribution >= 4 is 33.8 Å². The third kappa shape index (κ3) is 3.05. The fraction of sp³-hybridized carbons (Fsp3) is 0.364. The number of hydrogen-bond donors (Lipinski definition) is 2. The second kappa shape index (κ2) is 5.45. The standard InChI is InChI=1S/C11H14N4OS2/c1-6-4-9(8(3)18-6)7(2)13-10(16)14-11-15-12-5-17-11/h4-5,7H,1-3H3,(H2,13,14,15,16). The first-order valence-corrected chi connectivity index (χ1v) is 7.16. The van der Waals surface area contributed by atoms with E-state index in [2.05, 4.69) is 40.7 Å². The predicted octanol–water partition coefficient (Wildman–Crippen LogP) is 3.10. The maximum atomic E-state index is 11.7. The Morgan fingerprint density at radius 1 is 1.44 bits per heavy atom. The molecule has 0 saturated carbocycles. The Morgan fingerprint density at radius 3 is 2.78 bits per heavy atom. The van der Waals surface area contributed by atoms with Gasteiger partial charge in [0.2, 0.25) is 5.13 Å². The van der Waals surface area contributed by atoms with E-state index >= 15 is 0 Å². The predicted molar refractivity (Wildman–Crippen MR) is 74.3 cm³/mol. The fourth-order valence-corrected chi connectivity index (χ4v) is 3.18. The largest absolute Gasteiger partial charge is 0.331 e. The number of rotatable bonds is 3. The fourth-order valence-electron chi connectivity index (χ4n) is 1.72. The molecule has 0 aliphatic carbocycles. The smallest absolute Gasteiger partial charge is 0.321 e. The summed E-state index contributed by atoms with van der Waals surface area (Å²) in [5.74, 6) is 0. The minimum Gasteiger partial charge on any atom is -0.331 e. The van der Waals surface area contributed by atoms with E-state index in [1.54, 1.807) is 16.8 Å².